The fourth-order valence-electron chi connectivity index (χ4n) is 0.920. The van der Waals surface area contributed by atoms with Gasteiger partial charge in [0.05, 0.1) is 19.8 Å². The molecule has 19 heavy (non-hydrogen) atoms. The van der Waals surface area contributed by atoms with Crippen molar-refractivity contribution in [2.45, 2.75) is 16.3 Å². The first kappa shape index (κ1) is 20.2. The summed E-state index contributed by atoms with van der Waals surface area (Å²) in [6.07, 6.45) is 3.68. The molecule has 1 rings (SSSR count). The molecule has 0 radical (unpaired) electrons. The summed E-state index contributed by atoms with van der Waals surface area (Å²) in [4.78, 5) is 0. The Morgan fingerprint density at radius 1 is 1.26 bits per heavy atom. The summed E-state index contributed by atoms with van der Waals surface area (Å²) in [6, 6.07) is 0. The highest BCUT2D eigenvalue weighted by atomic mass is 32.7. The SMILES string of the molecule is CS[P+](C)(C)C1SCCCS1.O=S(=O)([O-])C(F)(F)F. The van der Waals surface area contributed by atoms with Crippen LogP contribution in [-0.4, -0.2) is 53.9 Å². The van der Waals surface area contributed by atoms with Gasteiger partial charge in [-0.15, -0.1) is 23.5 Å². The summed E-state index contributed by atoms with van der Waals surface area (Å²) < 4.78 is 59.8. The van der Waals surface area contributed by atoms with Crippen LogP contribution in [-0.2, 0) is 10.1 Å². The second-order valence-electron chi connectivity index (χ2n) is 3.92. The monoisotopic (exact) mass is 376 g/mol. The van der Waals surface area contributed by atoms with Crippen LogP contribution in [0, 0.1) is 0 Å². The molecule has 0 aromatic heterocycles. The van der Waals surface area contributed by atoms with Crippen molar-refractivity contribution < 1.29 is 26.1 Å². The maximum absolute atomic E-state index is 10.7. The van der Waals surface area contributed by atoms with Crippen molar-refractivity contribution in [3.63, 3.8) is 0 Å². The molecule has 0 atom stereocenters. The Balaban J connectivity index is 0.000000362. The van der Waals surface area contributed by atoms with Crippen LogP contribution < -0.4 is 0 Å². The first-order valence-corrected chi connectivity index (χ1v) is 13.2. The number of halogens is 3. The number of hydrogen-bond donors (Lipinski definition) is 0. The molecule has 0 unspecified atom stereocenters. The third kappa shape index (κ3) is 7.66. The summed E-state index contributed by atoms with van der Waals surface area (Å²) >= 11 is 6.48. The molecule has 0 bridgehead atoms. The zero-order valence-corrected chi connectivity index (χ0v) is 14.8. The van der Waals surface area contributed by atoms with Gasteiger partial charge in [0, 0.05) is 17.6 Å². The molecule has 0 aliphatic carbocycles. The van der Waals surface area contributed by atoms with Gasteiger partial charge in [0.1, 0.15) is 0 Å². The molecule has 1 saturated heterocycles. The molecule has 3 nitrogen and oxygen atoms in total. The molecule has 0 aromatic rings. The third-order valence-corrected chi connectivity index (χ3v) is 15.3. The number of rotatable bonds is 2. The van der Waals surface area contributed by atoms with E-state index in [-0.39, 0.29) is 0 Å². The number of alkyl halides is 3. The quantitative estimate of drug-likeness (QED) is 0.416. The maximum Gasteiger partial charge on any atom is 0.485 e. The van der Waals surface area contributed by atoms with Gasteiger partial charge in [0.2, 0.25) is 0 Å². The van der Waals surface area contributed by atoms with Crippen LogP contribution >= 0.6 is 41.4 Å². The van der Waals surface area contributed by atoms with Crippen molar-refractivity contribution in [2.24, 2.45) is 0 Å². The predicted octanol–water partition coefficient (Wildman–Crippen LogP) is 3.75. The van der Waals surface area contributed by atoms with Gasteiger partial charge in [-0.05, 0) is 17.9 Å². The van der Waals surface area contributed by atoms with Gasteiger partial charge < -0.3 is 4.55 Å². The molecule has 0 amide bonds. The van der Waals surface area contributed by atoms with Crippen LogP contribution in [0.5, 0.6) is 0 Å². The highest BCUT2D eigenvalue weighted by molar-refractivity contribution is 8.66. The Labute approximate surface area is 125 Å². The zero-order chi connectivity index (χ0) is 15.3. The largest absolute Gasteiger partial charge is 0.741 e. The van der Waals surface area contributed by atoms with E-state index in [9.17, 15) is 13.2 Å². The Bertz CT molecular complexity index is 366. The summed E-state index contributed by atoms with van der Waals surface area (Å²) in [5.41, 5.74) is -5.65. The van der Waals surface area contributed by atoms with Crippen molar-refractivity contribution in [3.05, 3.63) is 0 Å². The molecule has 1 fully saturated rings. The zero-order valence-electron chi connectivity index (χ0n) is 10.6. The highest BCUT2D eigenvalue weighted by Crippen LogP contribution is 2.72. The van der Waals surface area contributed by atoms with Crippen molar-refractivity contribution in [1.29, 1.82) is 0 Å². The van der Waals surface area contributed by atoms with Crippen molar-refractivity contribution >= 4 is 51.5 Å². The smallest absolute Gasteiger partial charge is 0.485 e. The van der Waals surface area contributed by atoms with E-state index in [1.54, 1.807) is 0 Å². The average Bonchev–Trinajstić information content (AvgIpc) is 2.28. The van der Waals surface area contributed by atoms with E-state index in [4.69, 9.17) is 13.0 Å². The fraction of sp³-hybridized carbons (Fsp3) is 1.00. The first-order chi connectivity index (χ1) is 8.42. The molecule has 1 aliphatic heterocycles. The van der Waals surface area contributed by atoms with Crippen LogP contribution in [0.3, 0.4) is 0 Å². The van der Waals surface area contributed by atoms with E-state index < -0.39 is 22.1 Å². The Hall–Kier alpha value is 1.18. The third-order valence-electron chi connectivity index (χ3n) is 2.07. The molecule has 11 heteroatoms. The second kappa shape index (κ2) is 7.98. The normalized spacial score (nSPS) is 18.7. The molecule has 1 aliphatic rings. The summed E-state index contributed by atoms with van der Waals surface area (Å²) in [7, 11) is -6.09. The van der Waals surface area contributed by atoms with E-state index >= 15 is 0 Å². The maximum atomic E-state index is 10.7. The molecule has 0 aromatic carbocycles. The van der Waals surface area contributed by atoms with Crippen LogP contribution in [0.4, 0.5) is 13.2 Å². The molecular weight excluding hydrogens is 360 g/mol. The standard InChI is InChI=1S/C7H16PS3.CHF3O3S/c1-8(2,9-3)7-10-5-4-6-11-7;2-1(3,4)8(5,6)7/h7H,4-6H2,1-3H3;(H,5,6,7)/q+1;/p-1. The van der Waals surface area contributed by atoms with Crippen molar-refractivity contribution in [2.75, 3.05) is 31.1 Å². The molecule has 0 N–H and O–H groups in total. The van der Waals surface area contributed by atoms with Crippen molar-refractivity contribution in [3.8, 4) is 0 Å². The lowest BCUT2D eigenvalue weighted by atomic mass is 10.6. The fourth-order valence-corrected chi connectivity index (χ4v) is 9.93. The molecule has 0 saturated carbocycles. The Morgan fingerprint density at radius 2 is 1.63 bits per heavy atom. The summed E-state index contributed by atoms with van der Waals surface area (Å²) in [5, 5.41) is 0. The lowest BCUT2D eigenvalue weighted by molar-refractivity contribution is -0.0517. The van der Waals surface area contributed by atoms with Crippen LogP contribution in [0.1, 0.15) is 6.42 Å². The van der Waals surface area contributed by atoms with Crippen LogP contribution in [0.2, 0.25) is 0 Å². The molecular formula is C8H16F3O3PS4. The van der Waals surface area contributed by atoms with E-state index in [0.29, 0.717) is 0 Å². The van der Waals surface area contributed by atoms with Gasteiger partial charge in [0.15, 0.2) is 14.4 Å². The van der Waals surface area contributed by atoms with Crippen LogP contribution in [0.15, 0.2) is 0 Å². The number of hydrogen-bond acceptors (Lipinski definition) is 6. The van der Waals surface area contributed by atoms with Gasteiger partial charge in [0.25, 0.3) is 0 Å². The minimum absolute atomic E-state index is 0.656. The first-order valence-electron chi connectivity index (χ1n) is 5.06. The molecule has 116 valence electrons. The minimum atomic E-state index is -6.09. The van der Waals surface area contributed by atoms with Gasteiger partial charge in [-0.1, -0.05) is 0 Å². The average molecular weight is 376 g/mol. The van der Waals surface area contributed by atoms with E-state index in [2.05, 4.69) is 54.5 Å². The van der Waals surface area contributed by atoms with Crippen molar-refractivity contribution in [1.82, 2.24) is 0 Å². The molecule has 0 spiro atoms. The topological polar surface area (TPSA) is 57.2 Å². The van der Waals surface area contributed by atoms with E-state index in [1.165, 1.54) is 17.9 Å². The van der Waals surface area contributed by atoms with Gasteiger partial charge >= 0.3 is 5.51 Å². The summed E-state index contributed by atoms with van der Waals surface area (Å²) in [5.74, 6) is 2.78. The Kier molecular flexibility index (Phi) is 8.48. The molecule has 1 heterocycles. The van der Waals surface area contributed by atoms with Gasteiger partial charge in [-0.3, -0.25) is 0 Å². The lowest BCUT2D eigenvalue weighted by Gasteiger charge is -2.27. The Morgan fingerprint density at radius 3 is 1.89 bits per heavy atom. The summed E-state index contributed by atoms with van der Waals surface area (Å²) in [6.45, 7) is 4.28. The second-order valence-corrected chi connectivity index (χ2v) is 16.4. The van der Waals surface area contributed by atoms with E-state index in [1.807, 2.05) is 0 Å². The van der Waals surface area contributed by atoms with Crippen LogP contribution in [0.25, 0.3) is 0 Å². The predicted molar refractivity (Wildman–Crippen MR) is 81.4 cm³/mol. The number of thioether (sulfide) groups is 2. The minimum Gasteiger partial charge on any atom is -0.741 e. The lowest BCUT2D eigenvalue weighted by Crippen LogP contribution is -2.21. The van der Waals surface area contributed by atoms with Gasteiger partial charge in [-0.25, -0.2) is 8.42 Å². The van der Waals surface area contributed by atoms with E-state index in [0.717, 1.165) is 4.32 Å². The van der Waals surface area contributed by atoms with Gasteiger partial charge in [-0.2, -0.15) is 13.2 Å². The highest BCUT2D eigenvalue weighted by Gasteiger charge is 2.38.